The number of hydrogen-bond acceptors (Lipinski definition) is 2. The lowest BCUT2D eigenvalue weighted by molar-refractivity contribution is -0.128. The van der Waals surface area contributed by atoms with Crippen LogP contribution in [0.15, 0.2) is 0 Å². The topological polar surface area (TPSA) is 57.2 Å². The van der Waals surface area contributed by atoms with E-state index in [0.29, 0.717) is 0 Å². The molecule has 0 heterocycles. The lowest BCUT2D eigenvalue weighted by atomic mass is 9.96. The highest BCUT2D eigenvalue weighted by molar-refractivity contribution is 5.80. The van der Waals surface area contributed by atoms with E-state index < -0.39 is 5.41 Å². The fourth-order valence-electron chi connectivity index (χ4n) is 0.194. The third-order valence-corrected chi connectivity index (χ3v) is 0.759. The summed E-state index contributed by atoms with van der Waals surface area (Å²) >= 11 is 0. The predicted octanol–water partition coefficient (Wildman–Crippen LogP) is 0.0372. The molecule has 0 saturated heterocycles. The second kappa shape index (κ2) is 2.13. The maximum Gasteiger partial charge on any atom is 0.262 e. The highest BCUT2D eigenvalue weighted by Crippen LogP contribution is 2.11. The molecule has 0 atom stereocenters. The van der Waals surface area contributed by atoms with E-state index in [1.165, 1.54) is 0 Å². The van der Waals surface area contributed by atoms with Crippen molar-refractivity contribution in [1.29, 1.82) is 0 Å². The van der Waals surface area contributed by atoms with E-state index >= 15 is 0 Å². The zero-order chi connectivity index (χ0) is 6.78. The molecule has 8 heavy (non-hydrogen) atoms. The Morgan fingerprint density at radius 2 is 1.88 bits per heavy atom. The highest BCUT2D eigenvalue weighted by atomic mass is 16.2. The summed E-state index contributed by atoms with van der Waals surface area (Å²) in [6.45, 7) is 5.31. The Morgan fingerprint density at radius 1 is 1.50 bits per heavy atom. The highest BCUT2D eigenvalue weighted by Gasteiger charge is 2.20. The molecule has 0 aliphatic heterocycles. The van der Waals surface area contributed by atoms with Crippen molar-refractivity contribution in [1.82, 2.24) is 5.43 Å². The Labute approximate surface area is 49.2 Å². The predicted molar refractivity (Wildman–Crippen MR) is 30.8 cm³/mol. The van der Waals surface area contributed by atoms with Gasteiger partial charge in [0.1, 0.15) is 0 Å². The van der Waals surface area contributed by atoms with Crippen LogP contribution in [-0.2, 0) is 4.79 Å². The first-order valence-electron chi connectivity index (χ1n) is 2.44. The average molecular weight is 115 g/mol. The number of hydrogen-bond donors (Lipinski definition) is 1. The van der Waals surface area contributed by atoms with Crippen molar-refractivity contribution in [3.05, 3.63) is 0 Å². The second-order valence-corrected chi connectivity index (χ2v) is 2.68. The number of carbonyl (C=O) groups excluding carboxylic acids is 1. The van der Waals surface area contributed by atoms with E-state index in [1.54, 1.807) is 20.8 Å². The Kier molecular flexibility index (Phi) is 1.98. The molecule has 0 aliphatic carbocycles. The summed E-state index contributed by atoms with van der Waals surface area (Å²) in [6.07, 6.45) is 0. The molecular formula is C5H11N2O. The van der Waals surface area contributed by atoms with Gasteiger partial charge in [0.05, 0.1) is 0 Å². The molecule has 0 aromatic rings. The molecule has 0 aliphatic rings. The first-order valence-corrected chi connectivity index (χ1v) is 2.44. The Bertz CT molecular complexity index is 93.1. The fourth-order valence-corrected chi connectivity index (χ4v) is 0.194. The Hall–Kier alpha value is -0.570. The first kappa shape index (κ1) is 7.43. The molecule has 0 rings (SSSR count). The van der Waals surface area contributed by atoms with Crippen LogP contribution >= 0.6 is 0 Å². The number of nitrogens with two attached hydrogens (primary N) is 1. The lowest BCUT2D eigenvalue weighted by Gasteiger charge is -2.12. The van der Waals surface area contributed by atoms with Crippen LogP contribution in [0, 0.1) is 5.41 Å². The molecule has 2 N–H and O–H groups in total. The van der Waals surface area contributed by atoms with Crippen LogP contribution in [0.4, 0.5) is 0 Å². The van der Waals surface area contributed by atoms with E-state index in [0.717, 1.165) is 0 Å². The summed E-state index contributed by atoms with van der Waals surface area (Å²) in [7, 11) is 0. The van der Waals surface area contributed by atoms with E-state index in [1.807, 2.05) is 0 Å². The first-order chi connectivity index (χ1) is 3.48. The summed E-state index contributed by atoms with van der Waals surface area (Å²) < 4.78 is 0. The summed E-state index contributed by atoms with van der Waals surface area (Å²) in [5, 5.41) is 0. The van der Waals surface area contributed by atoms with Crippen molar-refractivity contribution >= 4 is 5.91 Å². The smallest absolute Gasteiger partial charge is 0.262 e. The van der Waals surface area contributed by atoms with Crippen LogP contribution in [0.1, 0.15) is 20.8 Å². The third kappa shape index (κ3) is 1.93. The average Bonchev–Trinajstić information content (AvgIpc) is 1.62. The van der Waals surface area contributed by atoms with E-state index in [4.69, 9.17) is 5.84 Å². The van der Waals surface area contributed by atoms with Crippen molar-refractivity contribution < 1.29 is 4.79 Å². The van der Waals surface area contributed by atoms with Crippen molar-refractivity contribution in [3.63, 3.8) is 0 Å². The van der Waals surface area contributed by atoms with E-state index in [2.05, 4.69) is 5.43 Å². The van der Waals surface area contributed by atoms with Gasteiger partial charge in [0.15, 0.2) is 0 Å². The number of rotatable bonds is 0. The molecule has 0 fully saturated rings. The fraction of sp³-hybridized carbons (Fsp3) is 0.800. The van der Waals surface area contributed by atoms with Gasteiger partial charge < -0.3 is 0 Å². The number of nitrogens with zero attached hydrogens (tertiary/aromatic N) is 1. The minimum absolute atomic E-state index is 0.266. The summed E-state index contributed by atoms with van der Waals surface area (Å²) in [5.74, 6) is 4.47. The molecular weight excluding hydrogens is 104 g/mol. The number of amides is 1. The van der Waals surface area contributed by atoms with Crippen molar-refractivity contribution in [2.24, 2.45) is 11.3 Å². The van der Waals surface area contributed by atoms with Gasteiger partial charge in [-0.15, -0.1) is 0 Å². The van der Waals surface area contributed by atoms with Gasteiger partial charge >= 0.3 is 0 Å². The van der Waals surface area contributed by atoms with Gasteiger partial charge in [-0.1, -0.05) is 20.8 Å². The molecule has 0 unspecified atom stereocenters. The van der Waals surface area contributed by atoms with Crippen molar-refractivity contribution in [2.45, 2.75) is 20.8 Å². The zero-order valence-electron chi connectivity index (χ0n) is 5.43. The minimum atomic E-state index is -0.422. The van der Waals surface area contributed by atoms with Gasteiger partial charge in [-0.3, -0.25) is 4.79 Å². The summed E-state index contributed by atoms with van der Waals surface area (Å²) in [4.78, 5) is 10.5. The summed E-state index contributed by atoms with van der Waals surface area (Å²) in [5.41, 5.74) is 2.60. The van der Waals surface area contributed by atoms with Crippen LogP contribution in [0.3, 0.4) is 0 Å². The minimum Gasteiger partial charge on any atom is -0.271 e. The molecule has 1 amide bonds. The second-order valence-electron chi connectivity index (χ2n) is 2.68. The van der Waals surface area contributed by atoms with Gasteiger partial charge in [0, 0.05) is 5.41 Å². The number of carbonyl (C=O) groups is 1. The Morgan fingerprint density at radius 3 is 1.88 bits per heavy atom. The van der Waals surface area contributed by atoms with Crippen LogP contribution in [0.5, 0.6) is 0 Å². The van der Waals surface area contributed by atoms with Gasteiger partial charge in [0.2, 0.25) is 0 Å². The molecule has 47 valence electrons. The molecule has 0 saturated carbocycles. The standard InChI is InChI=1S/C5H11N2O/c1-5(2,3)4(8)7-6/h6H2,1-3H3. The largest absolute Gasteiger partial charge is 0.271 e. The quantitative estimate of drug-likeness (QED) is 0.275. The normalized spacial score (nSPS) is 11.0. The molecule has 1 radical (unpaired) electrons. The van der Waals surface area contributed by atoms with Crippen LogP contribution in [-0.4, -0.2) is 5.91 Å². The van der Waals surface area contributed by atoms with Gasteiger partial charge in [-0.05, 0) is 0 Å². The van der Waals surface area contributed by atoms with Crippen molar-refractivity contribution in [3.8, 4) is 0 Å². The molecule has 3 heteroatoms. The molecule has 3 nitrogen and oxygen atoms in total. The van der Waals surface area contributed by atoms with Crippen LogP contribution < -0.4 is 11.3 Å². The zero-order valence-corrected chi connectivity index (χ0v) is 5.43. The molecule has 0 aromatic heterocycles. The molecule has 0 aromatic carbocycles. The van der Waals surface area contributed by atoms with Crippen molar-refractivity contribution in [2.75, 3.05) is 0 Å². The Balaban J connectivity index is 3.82. The SMILES string of the molecule is CC(C)(C)C(=O)[N]N. The summed E-state index contributed by atoms with van der Waals surface area (Å²) in [6, 6.07) is 0. The monoisotopic (exact) mass is 115 g/mol. The lowest BCUT2D eigenvalue weighted by Crippen LogP contribution is -2.33. The molecule has 0 spiro atoms. The van der Waals surface area contributed by atoms with Crippen LogP contribution in [0.2, 0.25) is 0 Å². The molecule has 0 bridgehead atoms. The maximum atomic E-state index is 10.5. The third-order valence-electron chi connectivity index (χ3n) is 0.759. The van der Waals surface area contributed by atoms with E-state index in [-0.39, 0.29) is 5.91 Å². The van der Waals surface area contributed by atoms with Crippen LogP contribution in [0.25, 0.3) is 0 Å². The maximum absolute atomic E-state index is 10.5. The van der Waals surface area contributed by atoms with Gasteiger partial charge in [0.25, 0.3) is 5.91 Å². The van der Waals surface area contributed by atoms with Gasteiger partial charge in [-0.25, -0.2) is 5.84 Å². The van der Waals surface area contributed by atoms with Gasteiger partial charge in [-0.2, -0.15) is 5.43 Å². The van der Waals surface area contributed by atoms with E-state index in [9.17, 15) is 4.79 Å².